The van der Waals surface area contributed by atoms with Crippen LogP contribution in [0.15, 0.2) is 65.6 Å². The number of sulfonamides is 1. The molecular formula is C23H24N2O3S. The summed E-state index contributed by atoms with van der Waals surface area (Å²) in [6.45, 7) is 7.39. The van der Waals surface area contributed by atoms with Gasteiger partial charge in [0.15, 0.2) is 0 Å². The number of anilines is 2. The molecule has 0 aliphatic carbocycles. The van der Waals surface area contributed by atoms with Crippen LogP contribution in [0.4, 0.5) is 11.4 Å². The number of aryl methyl sites for hydroxylation is 4. The lowest BCUT2D eigenvalue weighted by atomic mass is 10.1. The fraction of sp³-hybridized carbons (Fsp3) is 0.174. The van der Waals surface area contributed by atoms with Crippen molar-refractivity contribution in [1.29, 1.82) is 0 Å². The van der Waals surface area contributed by atoms with E-state index in [-0.39, 0.29) is 16.4 Å². The molecule has 5 nitrogen and oxygen atoms in total. The third-order valence-corrected chi connectivity index (χ3v) is 6.16. The third-order valence-electron chi connectivity index (χ3n) is 4.65. The van der Waals surface area contributed by atoms with E-state index >= 15 is 0 Å². The van der Waals surface area contributed by atoms with Crippen molar-refractivity contribution in [3.05, 3.63) is 88.5 Å². The highest BCUT2D eigenvalue weighted by Gasteiger charge is 2.20. The fourth-order valence-electron chi connectivity index (χ4n) is 3.00. The molecule has 0 bridgehead atoms. The standard InChI is InChI=1S/C23H24N2O3S/c1-15-6-5-7-20(12-15)24-23(26)19-11-10-18(4)22(14-19)29(27,28)25-21-13-16(2)8-9-17(21)3/h5-14,25H,1-4H3,(H,24,26). The second-order valence-electron chi connectivity index (χ2n) is 7.23. The first-order chi connectivity index (χ1) is 13.7. The first-order valence-electron chi connectivity index (χ1n) is 9.24. The summed E-state index contributed by atoms with van der Waals surface area (Å²) >= 11 is 0. The number of nitrogens with one attached hydrogen (secondary N) is 2. The number of amides is 1. The van der Waals surface area contributed by atoms with E-state index in [2.05, 4.69) is 10.0 Å². The maximum atomic E-state index is 13.0. The zero-order chi connectivity index (χ0) is 21.2. The molecule has 0 atom stereocenters. The Morgan fingerprint density at radius 3 is 2.21 bits per heavy atom. The zero-order valence-corrected chi connectivity index (χ0v) is 17.7. The average molecular weight is 409 g/mol. The first-order valence-corrected chi connectivity index (χ1v) is 10.7. The summed E-state index contributed by atoms with van der Waals surface area (Å²) in [6.07, 6.45) is 0. The lowest BCUT2D eigenvalue weighted by Gasteiger charge is -2.14. The Morgan fingerprint density at radius 1 is 0.793 bits per heavy atom. The summed E-state index contributed by atoms with van der Waals surface area (Å²) in [4.78, 5) is 12.7. The summed E-state index contributed by atoms with van der Waals surface area (Å²) in [6, 6.07) is 17.7. The predicted octanol–water partition coefficient (Wildman–Crippen LogP) is 4.97. The second-order valence-corrected chi connectivity index (χ2v) is 8.88. The Bertz CT molecular complexity index is 1180. The summed E-state index contributed by atoms with van der Waals surface area (Å²) in [7, 11) is -3.85. The van der Waals surface area contributed by atoms with Gasteiger partial charge in [-0.3, -0.25) is 9.52 Å². The number of carbonyl (C=O) groups excluding carboxylic acids is 1. The summed E-state index contributed by atoms with van der Waals surface area (Å²) in [5, 5.41) is 2.81. The van der Waals surface area contributed by atoms with Crippen LogP contribution in [0, 0.1) is 27.7 Å². The average Bonchev–Trinajstić information content (AvgIpc) is 2.64. The van der Waals surface area contributed by atoms with Gasteiger partial charge in [-0.2, -0.15) is 0 Å². The minimum Gasteiger partial charge on any atom is -0.322 e. The van der Waals surface area contributed by atoms with Gasteiger partial charge in [-0.1, -0.05) is 30.3 Å². The van der Waals surface area contributed by atoms with Crippen molar-refractivity contribution in [3.8, 4) is 0 Å². The maximum Gasteiger partial charge on any atom is 0.262 e. The molecule has 0 aromatic heterocycles. The van der Waals surface area contributed by atoms with Crippen LogP contribution in [0.2, 0.25) is 0 Å². The van der Waals surface area contributed by atoms with E-state index in [9.17, 15) is 13.2 Å². The molecule has 0 unspecified atom stereocenters. The van der Waals surface area contributed by atoms with E-state index < -0.39 is 10.0 Å². The molecule has 0 spiro atoms. The number of benzene rings is 3. The Hall–Kier alpha value is -3.12. The van der Waals surface area contributed by atoms with Gasteiger partial charge in [0.1, 0.15) is 0 Å². The molecule has 29 heavy (non-hydrogen) atoms. The van der Waals surface area contributed by atoms with Crippen LogP contribution in [-0.4, -0.2) is 14.3 Å². The molecular weight excluding hydrogens is 384 g/mol. The van der Waals surface area contributed by atoms with Gasteiger partial charge in [-0.15, -0.1) is 0 Å². The van der Waals surface area contributed by atoms with Gasteiger partial charge in [0, 0.05) is 11.3 Å². The highest BCUT2D eigenvalue weighted by molar-refractivity contribution is 7.92. The summed E-state index contributed by atoms with van der Waals surface area (Å²) < 4.78 is 28.7. The van der Waals surface area contributed by atoms with Gasteiger partial charge < -0.3 is 5.32 Å². The van der Waals surface area contributed by atoms with E-state index in [1.165, 1.54) is 6.07 Å². The van der Waals surface area contributed by atoms with Crippen molar-refractivity contribution >= 4 is 27.3 Å². The molecule has 0 fully saturated rings. The van der Waals surface area contributed by atoms with Gasteiger partial charge >= 0.3 is 0 Å². The summed E-state index contributed by atoms with van der Waals surface area (Å²) in [5.41, 5.74) is 4.83. The van der Waals surface area contributed by atoms with Gasteiger partial charge in [-0.25, -0.2) is 8.42 Å². The molecule has 150 valence electrons. The van der Waals surface area contributed by atoms with Crippen molar-refractivity contribution in [1.82, 2.24) is 0 Å². The van der Waals surface area contributed by atoms with Crippen molar-refractivity contribution in [2.24, 2.45) is 0 Å². The maximum absolute atomic E-state index is 13.0. The Kier molecular flexibility index (Phi) is 5.75. The Labute approximate surface area is 171 Å². The number of rotatable bonds is 5. The first kappa shape index (κ1) is 20.6. The van der Waals surface area contributed by atoms with Gasteiger partial charge in [0.05, 0.1) is 10.6 Å². The van der Waals surface area contributed by atoms with E-state index in [0.717, 1.165) is 16.7 Å². The largest absolute Gasteiger partial charge is 0.322 e. The molecule has 0 heterocycles. The molecule has 0 aliphatic heterocycles. The number of hydrogen-bond donors (Lipinski definition) is 2. The van der Waals surface area contributed by atoms with Crippen LogP contribution in [-0.2, 0) is 10.0 Å². The molecule has 0 saturated carbocycles. The lowest BCUT2D eigenvalue weighted by molar-refractivity contribution is 0.102. The molecule has 0 saturated heterocycles. The van der Waals surface area contributed by atoms with E-state index in [0.29, 0.717) is 16.9 Å². The molecule has 6 heteroatoms. The molecule has 2 N–H and O–H groups in total. The minimum absolute atomic E-state index is 0.0790. The smallest absolute Gasteiger partial charge is 0.262 e. The quantitative estimate of drug-likeness (QED) is 0.626. The highest BCUT2D eigenvalue weighted by Crippen LogP contribution is 2.24. The highest BCUT2D eigenvalue weighted by atomic mass is 32.2. The van der Waals surface area contributed by atoms with Crippen molar-refractivity contribution in [2.45, 2.75) is 32.6 Å². The zero-order valence-electron chi connectivity index (χ0n) is 16.9. The molecule has 3 aromatic rings. The monoisotopic (exact) mass is 408 g/mol. The van der Waals surface area contributed by atoms with Crippen LogP contribution >= 0.6 is 0 Å². The number of hydrogen-bond acceptors (Lipinski definition) is 3. The van der Waals surface area contributed by atoms with E-state index in [4.69, 9.17) is 0 Å². The van der Waals surface area contributed by atoms with Crippen LogP contribution in [0.25, 0.3) is 0 Å². The topological polar surface area (TPSA) is 75.3 Å². The molecule has 3 rings (SSSR count). The van der Waals surface area contributed by atoms with Crippen LogP contribution in [0.5, 0.6) is 0 Å². The van der Waals surface area contributed by atoms with Crippen LogP contribution in [0.1, 0.15) is 32.6 Å². The van der Waals surface area contributed by atoms with Gasteiger partial charge in [0.25, 0.3) is 15.9 Å². The molecule has 3 aromatic carbocycles. The van der Waals surface area contributed by atoms with Gasteiger partial charge in [-0.05, 0) is 80.3 Å². The van der Waals surface area contributed by atoms with Crippen molar-refractivity contribution in [3.63, 3.8) is 0 Å². The van der Waals surface area contributed by atoms with Crippen LogP contribution < -0.4 is 10.0 Å². The van der Waals surface area contributed by atoms with Crippen molar-refractivity contribution in [2.75, 3.05) is 10.0 Å². The predicted molar refractivity (Wildman–Crippen MR) is 117 cm³/mol. The summed E-state index contributed by atoms with van der Waals surface area (Å²) in [5.74, 6) is -0.362. The third kappa shape index (κ3) is 4.84. The van der Waals surface area contributed by atoms with Crippen molar-refractivity contribution < 1.29 is 13.2 Å². The number of carbonyl (C=O) groups is 1. The van der Waals surface area contributed by atoms with Crippen LogP contribution in [0.3, 0.4) is 0 Å². The fourth-order valence-corrected chi connectivity index (χ4v) is 4.40. The Balaban J connectivity index is 1.91. The SMILES string of the molecule is Cc1cccc(NC(=O)c2ccc(C)c(S(=O)(=O)Nc3cc(C)ccc3C)c2)c1. The molecule has 1 amide bonds. The van der Waals surface area contributed by atoms with Gasteiger partial charge in [0.2, 0.25) is 0 Å². The second kappa shape index (κ2) is 8.09. The normalized spacial score (nSPS) is 11.2. The van der Waals surface area contributed by atoms with E-state index in [1.807, 2.05) is 51.1 Å². The molecule has 0 aliphatic rings. The lowest BCUT2D eigenvalue weighted by Crippen LogP contribution is -2.17. The Morgan fingerprint density at radius 2 is 1.48 bits per heavy atom. The minimum atomic E-state index is -3.85. The molecule has 0 radical (unpaired) electrons. The van der Waals surface area contributed by atoms with E-state index in [1.54, 1.807) is 31.2 Å².